The lowest BCUT2D eigenvalue weighted by Crippen LogP contribution is -1.94. The summed E-state index contributed by atoms with van der Waals surface area (Å²) in [4.78, 5) is 0. The summed E-state index contributed by atoms with van der Waals surface area (Å²) in [6.07, 6.45) is 5.17. The van der Waals surface area contributed by atoms with E-state index < -0.39 is 0 Å². The summed E-state index contributed by atoms with van der Waals surface area (Å²) < 4.78 is 0. The van der Waals surface area contributed by atoms with Gasteiger partial charge in [0.2, 0.25) is 0 Å². The van der Waals surface area contributed by atoms with E-state index in [4.69, 9.17) is 11.6 Å². The predicted octanol–water partition coefficient (Wildman–Crippen LogP) is 5.02. The molecule has 0 amide bonds. The van der Waals surface area contributed by atoms with Crippen LogP contribution >= 0.6 is 11.6 Å². The predicted molar refractivity (Wildman–Crippen MR) is 64.0 cm³/mol. The molecule has 0 fully saturated rings. The average molecular weight is 211 g/mol. The van der Waals surface area contributed by atoms with Gasteiger partial charge in [-0.1, -0.05) is 62.9 Å². The third-order valence-corrected chi connectivity index (χ3v) is 3.02. The van der Waals surface area contributed by atoms with Crippen molar-refractivity contribution in [2.45, 2.75) is 45.4 Å². The molecule has 0 bridgehead atoms. The SMILES string of the molecule is CCCCCC(C)c1ccccc1Cl. The fraction of sp³-hybridized carbons (Fsp3) is 0.538. The number of unbranched alkanes of at least 4 members (excludes halogenated alkanes) is 2. The molecule has 78 valence electrons. The van der Waals surface area contributed by atoms with Gasteiger partial charge in [-0.3, -0.25) is 0 Å². The third-order valence-electron chi connectivity index (χ3n) is 2.68. The monoisotopic (exact) mass is 210 g/mol. The molecular formula is C13H19Cl. The van der Waals surface area contributed by atoms with E-state index in [2.05, 4.69) is 26.0 Å². The van der Waals surface area contributed by atoms with Gasteiger partial charge < -0.3 is 0 Å². The van der Waals surface area contributed by atoms with Crippen LogP contribution in [0, 0.1) is 0 Å². The van der Waals surface area contributed by atoms with Crippen molar-refractivity contribution in [3.8, 4) is 0 Å². The molecule has 0 N–H and O–H groups in total. The van der Waals surface area contributed by atoms with Crippen molar-refractivity contribution < 1.29 is 0 Å². The molecule has 0 aliphatic heterocycles. The summed E-state index contributed by atoms with van der Waals surface area (Å²) in [5, 5.41) is 0.913. The van der Waals surface area contributed by atoms with Crippen LogP contribution in [0.3, 0.4) is 0 Å². The van der Waals surface area contributed by atoms with Gasteiger partial charge in [-0.15, -0.1) is 0 Å². The molecule has 0 aliphatic rings. The maximum Gasteiger partial charge on any atom is 0.0440 e. The molecule has 0 saturated carbocycles. The van der Waals surface area contributed by atoms with Gasteiger partial charge in [0.25, 0.3) is 0 Å². The molecule has 1 atom stereocenters. The minimum Gasteiger partial charge on any atom is -0.0840 e. The van der Waals surface area contributed by atoms with Crippen LogP contribution in [0.15, 0.2) is 24.3 Å². The van der Waals surface area contributed by atoms with Crippen LogP contribution in [0.2, 0.25) is 5.02 Å². The Balaban J connectivity index is 2.51. The van der Waals surface area contributed by atoms with Crippen molar-refractivity contribution in [1.82, 2.24) is 0 Å². The van der Waals surface area contributed by atoms with Gasteiger partial charge in [-0.05, 0) is 24.0 Å². The lowest BCUT2D eigenvalue weighted by Gasteiger charge is -2.12. The minimum atomic E-state index is 0.593. The van der Waals surface area contributed by atoms with E-state index in [0.29, 0.717) is 5.92 Å². The summed E-state index contributed by atoms with van der Waals surface area (Å²) >= 11 is 6.13. The fourth-order valence-electron chi connectivity index (χ4n) is 1.73. The zero-order valence-electron chi connectivity index (χ0n) is 9.09. The van der Waals surface area contributed by atoms with E-state index in [-0.39, 0.29) is 0 Å². The molecule has 1 aromatic rings. The number of rotatable bonds is 5. The highest BCUT2D eigenvalue weighted by Gasteiger charge is 2.07. The smallest absolute Gasteiger partial charge is 0.0440 e. The van der Waals surface area contributed by atoms with Gasteiger partial charge >= 0.3 is 0 Å². The lowest BCUT2D eigenvalue weighted by molar-refractivity contribution is 0.598. The average Bonchev–Trinajstić information content (AvgIpc) is 2.18. The first-order chi connectivity index (χ1) is 6.75. The summed E-state index contributed by atoms with van der Waals surface area (Å²) in [5.74, 6) is 0.593. The molecule has 0 aromatic heterocycles. The van der Waals surface area contributed by atoms with E-state index in [1.54, 1.807) is 0 Å². The molecule has 1 rings (SSSR count). The highest BCUT2D eigenvalue weighted by atomic mass is 35.5. The number of hydrogen-bond acceptors (Lipinski definition) is 0. The fourth-order valence-corrected chi connectivity index (χ4v) is 2.05. The van der Waals surface area contributed by atoms with Crippen molar-refractivity contribution in [2.75, 3.05) is 0 Å². The largest absolute Gasteiger partial charge is 0.0840 e. The molecular weight excluding hydrogens is 192 g/mol. The highest BCUT2D eigenvalue weighted by Crippen LogP contribution is 2.27. The van der Waals surface area contributed by atoms with Crippen LogP contribution < -0.4 is 0 Å². The van der Waals surface area contributed by atoms with Crippen molar-refractivity contribution in [2.24, 2.45) is 0 Å². The van der Waals surface area contributed by atoms with Crippen molar-refractivity contribution >= 4 is 11.6 Å². The molecule has 0 heterocycles. The maximum absolute atomic E-state index is 6.13. The first kappa shape index (κ1) is 11.6. The van der Waals surface area contributed by atoms with Gasteiger partial charge in [0.05, 0.1) is 0 Å². The normalized spacial score (nSPS) is 12.8. The van der Waals surface area contributed by atoms with E-state index in [1.165, 1.54) is 31.2 Å². The zero-order chi connectivity index (χ0) is 10.4. The summed E-state index contributed by atoms with van der Waals surface area (Å²) in [6, 6.07) is 8.17. The van der Waals surface area contributed by atoms with Gasteiger partial charge in [-0.2, -0.15) is 0 Å². The van der Waals surface area contributed by atoms with Crippen LogP contribution in [0.1, 0.15) is 51.0 Å². The molecule has 1 heteroatoms. The molecule has 0 radical (unpaired) electrons. The van der Waals surface area contributed by atoms with E-state index >= 15 is 0 Å². The quantitative estimate of drug-likeness (QED) is 0.599. The van der Waals surface area contributed by atoms with Gasteiger partial charge in [-0.25, -0.2) is 0 Å². The Labute approximate surface area is 92.3 Å². The summed E-state index contributed by atoms with van der Waals surface area (Å²) in [7, 11) is 0. The molecule has 0 aliphatic carbocycles. The lowest BCUT2D eigenvalue weighted by atomic mass is 9.95. The first-order valence-electron chi connectivity index (χ1n) is 5.50. The number of halogens is 1. The van der Waals surface area contributed by atoms with Crippen molar-refractivity contribution in [1.29, 1.82) is 0 Å². The Hall–Kier alpha value is -0.490. The Bertz CT molecular complexity index is 268. The maximum atomic E-state index is 6.13. The second-order valence-corrected chi connectivity index (χ2v) is 4.33. The molecule has 0 saturated heterocycles. The van der Waals surface area contributed by atoms with Gasteiger partial charge in [0, 0.05) is 5.02 Å². The zero-order valence-corrected chi connectivity index (χ0v) is 9.85. The highest BCUT2D eigenvalue weighted by molar-refractivity contribution is 6.31. The Kier molecular flexibility index (Phi) is 5.03. The van der Waals surface area contributed by atoms with E-state index in [0.717, 1.165) is 5.02 Å². The van der Waals surface area contributed by atoms with Gasteiger partial charge in [0.1, 0.15) is 0 Å². The standard InChI is InChI=1S/C13H19Cl/c1-3-4-5-8-11(2)12-9-6-7-10-13(12)14/h6-7,9-11H,3-5,8H2,1-2H3. The molecule has 1 unspecified atom stereocenters. The first-order valence-corrected chi connectivity index (χ1v) is 5.88. The third kappa shape index (κ3) is 3.34. The number of hydrogen-bond donors (Lipinski definition) is 0. The molecule has 0 spiro atoms. The van der Waals surface area contributed by atoms with Gasteiger partial charge in [0.15, 0.2) is 0 Å². The van der Waals surface area contributed by atoms with Crippen LogP contribution in [-0.2, 0) is 0 Å². The van der Waals surface area contributed by atoms with Crippen LogP contribution in [0.5, 0.6) is 0 Å². The number of benzene rings is 1. The Morgan fingerprint density at radius 2 is 1.93 bits per heavy atom. The molecule has 0 nitrogen and oxygen atoms in total. The Morgan fingerprint density at radius 1 is 1.21 bits per heavy atom. The van der Waals surface area contributed by atoms with Crippen molar-refractivity contribution in [3.63, 3.8) is 0 Å². The van der Waals surface area contributed by atoms with E-state index in [9.17, 15) is 0 Å². The summed E-state index contributed by atoms with van der Waals surface area (Å²) in [5.41, 5.74) is 1.30. The minimum absolute atomic E-state index is 0.593. The van der Waals surface area contributed by atoms with Crippen molar-refractivity contribution in [3.05, 3.63) is 34.9 Å². The summed E-state index contributed by atoms with van der Waals surface area (Å²) in [6.45, 7) is 4.50. The van der Waals surface area contributed by atoms with Crippen LogP contribution in [0.25, 0.3) is 0 Å². The molecule has 14 heavy (non-hydrogen) atoms. The topological polar surface area (TPSA) is 0 Å². The Morgan fingerprint density at radius 3 is 2.57 bits per heavy atom. The molecule has 1 aromatic carbocycles. The van der Waals surface area contributed by atoms with E-state index in [1.807, 2.05) is 12.1 Å². The van der Waals surface area contributed by atoms with Crippen LogP contribution in [-0.4, -0.2) is 0 Å². The van der Waals surface area contributed by atoms with Crippen LogP contribution in [0.4, 0.5) is 0 Å². The second kappa shape index (κ2) is 6.08. The second-order valence-electron chi connectivity index (χ2n) is 3.92.